The summed E-state index contributed by atoms with van der Waals surface area (Å²) in [6, 6.07) is 2.93. The predicted molar refractivity (Wildman–Crippen MR) is 82.9 cm³/mol. The van der Waals surface area contributed by atoms with Gasteiger partial charge in [0, 0.05) is 24.2 Å². The topological polar surface area (TPSA) is 50.5 Å². The van der Waals surface area contributed by atoms with E-state index in [9.17, 15) is 4.39 Å². The Morgan fingerprint density at radius 1 is 1.35 bits per heavy atom. The lowest BCUT2D eigenvalue weighted by Gasteiger charge is -2.33. The maximum atomic E-state index is 13.7. The molecule has 3 N–H and O–H groups in total. The highest BCUT2D eigenvalue weighted by atomic mass is 19.1. The molecule has 0 amide bonds. The number of halogens is 1. The van der Waals surface area contributed by atoms with Gasteiger partial charge in [0.05, 0.1) is 18.0 Å². The number of nitrogen functional groups attached to an aromatic ring is 1. The monoisotopic (exact) mass is 283 g/mol. The minimum absolute atomic E-state index is 0.0364. The Kier molecular flexibility index (Phi) is 5.62. The fraction of sp³-hybridized carbons (Fsp3) is 0.600. The first-order chi connectivity index (χ1) is 9.27. The standard InChI is InChI=1S/C15H26FN3O/c1-6-7-20-14-9-13(12(17)8-11(14)16)18-10-15(2,3)19(4)5/h8-9,18H,6-7,10,17H2,1-5H3. The van der Waals surface area contributed by atoms with E-state index in [1.54, 1.807) is 6.07 Å². The minimum atomic E-state index is -0.423. The molecule has 0 aromatic heterocycles. The first-order valence-electron chi connectivity index (χ1n) is 6.91. The Morgan fingerprint density at radius 3 is 2.55 bits per heavy atom. The summed E-state index contributed by atoms with van der Waals surface area (Å²) in [7, 11) is 4.04. The molecule has 1 aromatic carbocycles. The molecule has 0 saturated carbocycles. The molecule has 1 rings (SSSR count). The van der Waals surface area contributed by atoms with Gasteiger partial charge in [0.2, 0.25) is 0 Å². The van der Waals surface area contributed by atoms with E-state index in [0.29, 0.717) is 24.5 Å². The van der Waals surface area contributed by atoms with E-state index in [1.807, 2.05) is 21.0 Å². The van der Waals surface area contributed by atoms with Crippen molar-refractivity contribution in [1.82, 2.24) is 4.90 Å². The lowest BCUT2D eigenvalue weighted by molar-refractivity contribution is 0.210. The highest BCUT2D eigenvalue weighted by molar-refractivity contribution is 5.68. The number of nitrogens with two attached hydrogens (primary N) is 1. The molecule has 0 saturated heterocycles. The molecule has 4 nitrogen and oxygen atoms in total. The van der Waals surface area contributed by atoms with Gasteiger partial charge in [-0.1, -0.05) is 6.92 Å². The molecule has 1 aromatic rings. The van der Waals surface area contributed by atoms with Crippen molar-refractivity contribution in [3.8, 4) is 5.75 Å². The number of hydrogen-bond donors (Lipinski definition) is 2. The van der Waals surface area contributed by atoms with Gasteiger partial charge in [-0.05, 0) is 34.4 Å². The minimum Gasteiger partial charge on any atom is -0.490 e. The number of nitrogens with one attached hydrogen (secondary N) is 1. The fourth-order valence-electron chi connectivity index (χ4n) is 1.51. The smallest absolute Gasteiger partial charge is 0.167 e. The second-order valence-electron chi connectivity index (χ2n) is 5.78. The third kappa shape index (κ3) is 4.27. The maximum absolute atomic E-state index is 13.7. The fourth-order valence-corrected chi connectivity index (χ4v) is 1.51. The van der Waals surface area contributed by atoms with Gasteiger partial charge < -0.3 is 20.7 Å². The lowest BCUT2D eigenvalue weighted by Crippen LogP contribution is -2.44. The normalized spacial score (nSPS) is 11.8. The van der Waals surface area contributed by atoms with Crippen LogP contribution in [0, 0.1) is 5.82 Å². The van der Waals surface area contributed by atoms with Crippen molar-refractivity contribution in [1.29, 1.82) is 0 Å². The van der Waals surface area contributed by atoms with Gasteiger partial charge in [-0.3, -0.25) is 0 Å². The molecular formula is C15H26FN3O. The van der Waals surface area contributed by atoms with Crippen molar-refractivity contribution >= 4 is 11.4 Å². The molecule has 0 aliphatic heterocycles. The number of anilines is 2. The summed E-state index contributed by atoms with van der Waals surface area (Å²) in [5.74, 6) is -0.181. The number of rotatable bonds is 7. The van der Waals surface area contributed by atoms with Gasteiger partial charge in [0.1, 0.15) is 0 Å². The molecule has 0 radical (unpaired) electrons. The van der Waals surface area contributed by atoms with Crippen molar-refractivity contribution in [2.24, 2.45) is 0 Å². The Balaban J connectivity index is 2.84. The van der Waals surface area contributed by atoms with Crippen LogP contribution in [0.25, 0.3) is 0 Å². The van der Waals surface area contributed by atoms with Crippen molar-refractivity contribution in [3.63, 3.8) is 0 Å². The van der Waals surface area contributed by atoms with E-state index in [1.165, 1.54) is 6.07 Å². The Bertz CT molecular complexity index is 447. The molecule has 0 bridgehead atoms. The third-order valence-electron chi connectivity index (χ3n) is 3.49. The van der Waals surface area contributed by atoms with Crippen molar-refractivity contribution in [2.75, 3.05) is 38.3 Å². The highest BCUT2D eigenvalue weighted by Gasteiger charge is 2.20. The van der Waals surface area contributed by atoms with Crippen LogP contribution >= 0.6 is 0 Å². The average molecular weight is 283 g/mol. The van der Waals surface area contributed by atoms with Crippen LogP contribution in [0.2, 0.25) is 0 Å². The predicted octanol–water partition coefficient (Wildman–Crippen LogP) is 2.95. The molecular weight excluding hydrogens is 257 g/mol. The molecule has 0 aliphatic rings. The first-order valence-corrected chi connectivity index (χ1v) is 6.91. The van der Waals surface area contributed by atoms with Gasteiger partial charge in [-0.25, -0.2) is 4.39 Å². The van der Waals surface area contributed by atoms with Crippen LogP contribution in [0.3, 0.4) is 0 Å². The zero-order valence-corrected chi connectivity index (χ0v) is 13.1. The van der Waals surface area contributed by atoms with Crippen LogP contribution in [0.4, 0.5) is 15.8 Å². The van der Waals surface area contributed by atoms with Crippen LogP contribution in [-0.4, -0.2) is 37.7 Å². The molecule has 20 heavy (non-hydrogen) atoms. The summed E-state index contributed by atoms with van der Waals surface area (Å²) < 4.78 is 19.1. The lowest BCUT2D eigenvalue weighted by atomic mass is 10.0. The number of likely N-dealkylation sites (N-methyl/N-ethyl adjacent to an activating group) is 1. The van der Waals surface area contributed by atoms with Crippen LogP contribution in [0.15, 0.2) is 12.1 Å². The molecule has 0 spiro atoms. The quantitative estimate of drug-likeness (QED) is 0.755. The van der Waals surface area contributed by atoms with E-state index in [-0.39, 0.29) is 11.3 Å². The summed E-state index contributed by atoms with van der Waals surface area (Å²) in [4.78, 5) is 2.12. The molecule has 0 fully saturated rings. The van der Waals surface area contributed by atoms with E-state index < -0.39 is 5.82 Å². The SMILES string of the molecule is CCCOc1cc(NCC(C)(C)N(C)C)c(N)cc1F. The summed E-state index contributed by atoms with van der Waals surface area (Å²) in [6.07, 6.45) is 0.834. The third-order valence-corrected chi connectivity index (χ3v) is 3.49. The van der Waals surface area contributed by atoms with Crippen molar-refractivity contribution in [3.05, 3.63) is 17.9 Å². The summed E-state index contributed by atoms with van der Waals surface area (Å²) in [6.45, 7) is 7.41. The van der Waals surface area contributed by atoms with Crippen LogP contribution in [-0.2, 0) is 0 Å². The molecule has 114 valence electrons. The number of ether oxygens (including phenoxy) is 1. The van der Waals surface area contributed by atoms with Crippen LogP contribution in [0.1, 0.15) is 27.2 Å². The van der Waals surface area contributed by atoms with Gasteiger partial charge in [-0.2, -0.15) is 0 Å². The van der Waals surface area contributed by atoms with E-state index >= 15 is 0 Å². The zero-order valence-electron chi connectivity index (χ0n) is 13.1. The summed E-state index contributed by atoms with van der Waals surface area (Å²) in [5.41, 5.74) is 6.91. The van der Waals surface area contributed by atoms with Gasteiger partial charge >= 0.3 is 0 Å². The average Bonchev–Trinajstić information content (AvgIpc) is 2.36. The van der Waals surface area contributed by atoms with Crippen LogP contribution in [0.5, 0.6) is 5.75 Å². The number of hydrogen-bond acceptors (Lipinski definition) is 4. The van der Waals surface area contributed by atoms with E-state index in [2.05, 4.69) is 24.1 Å². The van der Waals surface area contributed by atoms with Gasteiger partial charge in [0.15, 0.2) is 11.6 Å². The van der Waals surface area contributed by atoms with E-state index in [0.717, 1.165) is 6.42 Å². The highest BCUT2D eigenvalue weighted by Crippen LogP contribution is 2.29. The number of benzene rings is 1. The Hall–Kier alpha value is -1.49. The Labute approximate surface area is 121 Å². The molecule has 0 heterocycles. The maximum Gasteiger partial charge on any atom is 0.167 e. The zero-order chi connectivity index (χ0) is 15.3. The first kappa shape index (κ1) is 16.6. The largest absolute Gasteiger partial charge is 0.490 e. The van der Waals surface area contributed by atoms with Gasteiger partial charge in [-0.15, -0.1) is 0 Å². The molecule has 5 heteroatoms. The van der Waals surface area contributed by atoms with Crippen molar-refractivity contribution in [2.45, 2.75) is 32.7 Å². The second-order valence-corrected chi connectivity index (χ2v) is 5.78. The summed E-state index contributed by atoms with van der Waals surface area (Å²) >= 11 is 0. The van der Waals surface area contributed by atoms with Crippen LogP contribution < -0.4 is 15.8 Å². The summed E-state index contributed by atoms with van der Waals surface area (Å²) in [5, 5.41) is 3.27. The van der Waals surface area contributed by atoms with Gasteiger partial charge in [0.25, 0.3) is 0 Å². The Morgan fingerprint density at radius 2 is 2.00 bits per heavy atom. The molecule has 0 atom stereocenters. The van der Waals surface area contributed by atoms with E-state index in [4.69, 9.17) is 10.5 Å². The van der Waals surface area contributed by atoms with Crippen molar-refractivity contribution < 1.29 is 9.13 Å². The second kappa shape index (κ2) is 6.79. The molecule has 0 aliphatic carbocycles. The molecule has 0 unspecified atom stereocenters. The number of nitrogens with zero attached hydrogens (tertiary/aromatic N) is 1.